The number of hydrogen-bond acceptors (Lipinski definition) is 6. The maximum atomic E-state index is 12.4. The van der Waals surface area contributed by atoms with Crippen LogP contribution in [0.4, 0.5) is 5.69 Å². The molecule has 0 bridgehead atoms. The van der Waals surface area contributed by atoms with E-state index in [2.05, 4.69) is 15.5 Å². The molecule has 152 valence electrons. The minimum atomic E-state index is -0.454. The maximum Gasteiger partial charge on any atom is 0.338 e. The molecule has 8 heteroatoms. The first kappa shape index (κ1) is 19.2. The van der Waals surface area contributed by atoms with E-state index in [1.165, 1.54) is 12.1 Å². The van der Waals surface area contributed by atoms with E-state index in [9.17, 15) is 14.4 Å². The van der Waals surface area contributed by atoms with Crippen LogP contribution in [-0.4, -0.2) is 48.9 Å². The van der Waals surface area contributed by atoms with Crippen LogP contribution in [0.2, 0.25) is 0 Å². The predicted octanol–water partition coefficient (Wildman–Crippen LogP) is 2.03. The van der Waals surface area contributed by atoms with E-state index in [1.54, 1.807) is 12.3 Å². The molecule has 0 spiro atoms. The third kappa shape index (κ3) is 4.65. The fraction of sp³-hybridized carbons (Fsp3) is 0.381. The van der Waals surface area contributed by atoms with Crippen LogP contribution in [0.25, 0.3) is 0 Å². The zero-order valence-corrected chi connectivity index (χ0v) is 16.0. The number of hydrogen-bond donors (Lipinski definition) is 2. The normalized spacial score (nSPS) is 17.8. The van der Waals surface area contributed by atoms with Crippen molar-refractivity contribution in [2.45, 2.75) is 19.4 Å². The largest absolute Gasteiger partial charge is 0.468 e. The van der Waals surface area contributed by atoms with Crippen molar-refractivity contribution in [1.82, 2.24) is 10.2 Å². The Bertz CT molecular complexity index is 901. The number of furan rings is 1. The third-order valence-corrected chi connectivity index (χ3v) is 5.30. The van der Waals surface area contributed by atoms with Crippen molar-refractivity contribution < 1.29 is 23.5 Å². The maximum absolute atomic E-state index is 12.4. The van der Waals surface area contributed by atoms with Gasteiger partial charge in [-0.3, -0.25) is 14.5 Å². The van der Waals surface area contributed by atoms with E-state index in [4.69, 9.17) is 9.15 Å². The average Bonchev–Trinajstić information content (AvgIpc) is 3.19. The highest BCUT2D eigenvalue weighted by Gasteiger charge is 2.23. The average molecular weight is 397 g/mol. The molecule has 2 aliphatic heterocycles. The van der Waals surface area contributed by atoms with Crippen molar-refractivity contribution in [2.75, 3.05) is 31.6 Å². The van der Waals surface area contributed by atoms with Gasteiger partial charge in [0.05, 0.1) is 42.8 Å². The van der Waals surface area contributed by atoms with Gasteiger partial charge in [0.25, 0.3) is 5.91 Å². The third-order valence-electron chi connectivity index (χ3n) is 5.30. The van der Waals surface area contributed by atoms with Crippen molar-refractivity contribution in [1.29, 1.82) is 0 Å². The van der Waals surface area contributed by atoms with E-state index in [1.807, 2.05) is 12.1 Å². The molecule has 2 aliphatic rings. The van der Waals surface area contributed by atoms with Gasteiger partial charge in [-0.25, -0.2) is 4.79 Å². The van der Waals surface area contributed by atoms with Crippen LogP contribution in [-0.2, 0) is 16.1 Å². The van der Waals surface area contributed by atoms with Crippen LogP contribution in [0.5, 0.6) is 0 Å². The van der Waals surface area contributed by atoms with Gasteiger partial charge >= 0.3 is 5.97 Å². The highest BCUT2D eigenvalue weighted by molar-refractivity contribution is 6.09. The van der Waals surface area contributed by atoms with Crippen LogP contribution < -0.4 is 10.6 Å². The zero-order chi connectivity index (χ0) is 20.2. The first-order valence-corrected chi connectivity index (χ1v) is 9.72. The van der Waals surface area contributed by atoms with E-state index >= 15 is 0 Å². The molecule has 0 radical (unpaired) electrons. The minimum Gasteiger partial charge on any atom is -0.468 e. The summed E-state index contributed by atoms with van der Waals surface area (Å²) in [5, 5.41) is 5.14. The van der Waals surface area contributed by atoms with Crippen LogP contribution in [0, 0.1) is 5.92 Å². The number of likely N-dealkylation sites (tertiary alicyclic amines) is 1. The first-order valence-electron chi connectivity index (χ1n) is 9.72. The summed E-state index contributed by atoms with van der Waals surface area (Å²) >= 11 is 0. The van der Waals surface area contributed by atoms with E-state index in [-0.39, 0.29) is 18.4 Å². The highest BCUT2D eigenvalue weighted by atomic mass is 16.5. The van der Waals surface area contributed by atoms with Crippen LogP contribution in [0.3, 0.4) is 0 Å². The van der Waals surface area contributed by atoms with Gasteiger partial charge < -0.3 is 19.8 Å². The Morgan fingerprint density at radius 1 is 1.21 bits per heavy atom. The van der Waals surface area contributed by atoms with Crippen LogP contribution in [0.1, 0.15) is 39.3 Å². The van der Waals surface area contributed by atoms with Gasteiger partial charge in [-0.15, -0.1) is 0 Å². The lowest BCUT2D eigenvalue weighted by Crippen LogP contribution is -2.34. The number of nitrogens with one attached hydrogen (secondary N) is 2. The van der Waals surface area contributed by atoms with E-state index < -0.39 is 5.97 Å². The molecule has 0 atom stereocenters. The first-order chi connectivity index (χ1) is 14.1. The molecule has 1 saturated heterocycles. The smallest absolute Gasteiger partial charge is 0.338 e. The molecule has 3 heterocycles. The van der Waals surface area contributed by atoms with Crippen LogP contribution >= 0.6 is 0 Å². The lowest BCUT2D eigenvalue weighted by molar-refractivity contribution is -0.115. The molecule has 0 unspecified atom stereocenters. The van der Waals surface area contributed by atoms with Crippen molar-refractivity contribution in [2.24, 2.45) is 5.92 Å². The Morgan fingerprint density at radius 3 is 2.79 bits per heavy atom. The number of benzene rings is 1. The Labute approximate surface area is 168 Å². The quantitative estimate of drug-likeness (QED) is 0.749. The molecular formula is C21H23N3O5. The van der Waals surface area contributed by atoms with Gasteiger partial charge in [0, 0.05) is 0 Å². The molecule has 1 aromatic heterocycles. The SMILES string of the molecule is O=C1CNC(=O)c2ccc(C(=O)OCC3CCN(Cc4ccco4)CC3)cc2N1. The lowest BCUT2D eigenvalue weighted by atomic mass is 9.97. The molecule has 2 N–H and O–H groups in total. The second kappa shape index (κ2) is 8.48. The van der Waals surface area contributed by atoms with Crippen molar-refractivity contribution in [3.8, 4) is 0 Å². The summed E-state index contributed by atoms with van der Waals surface area (Å²) in [5.74, 6) is 0.144. The van der Waals surface area contributed by atoms with Gasteiger partial charge in [-0.2, -0.15) is 0 Å². The monoisotopic (exact) mass is 397 g/mol. The summed E-state index contributed by atoms with van der Waals surface area (Å²) in [6.45, 7) is 2.93. The molecular weight excluding hydrogens is 374 g/mol. The summed E-state index contributed by atoms with van der Waals surface area (Å²) in [4.78, 5) is 38.4. The number of piperidine rings is 1. The van der Waals surface area contributed by atoms with Gasteiger partial charge in [0.15, 0.2) is 0 Å². The lowest BCUT2D eigenvalue weighted by Gasteiger charge is -2.30. The second-order valence-electron chi connectivity index (χ2n) is 7.39. The molecule has 4 rings (SSSR count). The zero-order valence-electron chi connectivity index (χ0n) is 16.0. The van der Waals surface area contributed by atoms with Crippen LogP contribution in [0.15, 0.2) is 41.0 Å². The fourth-order valence-corrected chi connectivity index (χ4v) is 3.63. The van der Waals surface area contributed by atoms with Gasteiger partial charge in [-0.05, 0) is 62.2 Å². The number of fused-ring (bicyclic) bond motifs is 1. The number of anilines is 1. The summed E-state index contributed by atoms with van der Waals surface area (Å²) in [5.41, 5.74) is 0.969. The number of nitrogens with zero attached hydrogens (tertiary/aromatic N) is 1. The summed E-state index contributed by atoms with van der Waals surface area (Å²) < 4.78 is 10.9. The summed E-state index contributed by atoms with van der Waals surface area (Å²) in [6.07, 6.45) is 3.59. The Hall–Kier alpha value is -3.13. The molecule has 0 saturated carbocycles. The topological polar surface area (TPSA) is 101 Å². The molecule has 0 aliphatic carbocycles. The Balaban J connectivity index is 1.29. The standard InChI is InChI=1S/C21H23N3O5/c25-19-11-22-20(26)17-4-3-15(10-18(17)23-19)21(27)29-13-14-5-7-24(8-6-14)12-16-2-1-9-28-16/h1-4,9-10,14H,5-8,11-13H2,(H,22,26)(H,23,25). The molecule has 2 aromatic rings. The number of rotatable bonds is 5. The number of ether oxygens (including phenoxy) is 1. The van der Waals surface area contributed by atoms with Crippen molar-refractivity contribution in [3.05, 3.63) is 53.5 Å². The van der Waals surface area contributed by atoms with Crippen molar-refractivity contribution >= 4 is 23.5 Å². The van der Waals surface area contributed by atoms with Crippen molar-refractivity contribution in [3.63, 3.8) is 0 Å². The second-order valence-corrected chi connectivity index (χ2v) is 7.39. The minimum absolute atomic E-state index is 0.0914. The Kier molecular flexibility index (Phi) is 5.62. The number of esters is 1. The number of carbonyl (C=O) groups is 3. The predicted molar refractivity (Wildman–Crippen MR) is 104 cm³/mol. The highest BCUT2D eigenvalue weighted by Crippen LogP contribution is 2.22. The van der Waals surface area contributed by atoms with Gasteiger partial charge in [0.1, 0.15) is 5.76 Å². The molecule has 8 nitrogen and oxygen atoms in total. The molecule has 29 heavy (non-hydrogen) atoms. The van der Waals surface area contributed by atoms with E-state index in [0.717, 1.165) is 38.2 Å². The summed E-state index contributed by atoms with van der Waals surface area (Å²) in [6, 6.07) is 8.43. The van der Waals surface area contributed by atoms with Gasteiger partial charge in [-0.1, -0.05) is 0 Å². The van der Waals surface area contributed by atoms with Gasteiger partial charge in [0.2, 0.25) is 5.91 Å². The molecule has 1 fully saturated rings. The number of carbonyl (C=O) groups excluding carboxylic acids is 3. The summed E-state index contributed by atoms with van der Waals surface area (Å²) in [7, 11) is 0. The molecule has 2 amide bonds. The van der Waals surface area contributed by atoms with E-state index in [0.29, 0.717) is 29.3 Å². The molecule has 1 aromatic carbocycles. The Morgan fingerprint density at radius 2 is 2.03 bits per heavy atom. The number of amides is 2. The fourth-order valence-electron chi connectivity index (χ4n) is 3.63.